The standard InChI is InChI=1S/C33H35F2N5O3/c1-4-39-30-12-11-25(18-29(30)36-22(2)32(39)42)33(43)38-16-15-37(20-24-9-6-5-7-10-24)13-8-14-40(23(3)41)31-19-28(35)27(34)17-26(31)21-38/h5-7,9-12,17-19H,4,8,13-16,20-21H2,1-3H3. The van der Waals surface area contributed by atoms with Crippen molar-refractivity contribution in [2.24, 2.45) is 0 Å². The molecule has 0 spiro atoms. The highest BCUT2D eigenvalue weighted by molar-refractivity contribution is 5.97. The van der Waals surface area contributed by atoms with Gasteiger partial charge < -0.3 is 14.4 Å². The molecule has 224 valence electrons. The summed E-state index contributed by atoms with van der Waals surface area (Å²) in [7, 11) is 0. The van der Waals surface area contributed by atoms with Crippen LogP contribution in [0.5, 0.6) is 0 Å². The van der Waals surface area contributed by atoms with Crippen molar-refractivity contribution in [3.05, 3.63) is 105 Å². The van der Waals surface area contributed by atoms with Crippen LogP contribution in [0.3, 0.4) is 0 Å². The van der Waals surface area contributed by atoms with Crippen molar-refractivity contribution in [2.75, 3.05) is 31.1 Å². The molecule has 8 nitrogen and oxygen atoms in total. The Morgan fingerprint density at radius 2 is 1.67 bits per heavy atom. The Morgan fingerprint density at radius 3 is 2.40 bits per heavy atom. The van der Waals surface area contributed by atoms with Crippen molar-refractivity contribution in [3.8, 4) is 0 Å². The van der Waals surface area contributed by atoms with Gasteiger partial charge in [0.15, 0.2) is 11.6 Å². The second-order valence-electron chi connectivity index (χ2n) is 10.9. The molecule has 2 heterocycles. The summed E-state index contributed by atoms with van der Waals surface area (Å²) >= 11 is 0. The smallest absolute Gasteiger partial charge is 0.272 e. The van der Waals surface area contributed by atoms with E-state index in [1.54, 1.807) is 34.6 Å². The molecular weight excluding hydrogens is 552 g/mol. The van der Waals surface area contributed by atoms with Gasteiger partial charge in [0.25, 0.3) is 11.5 Å². The maximum Gasteiger partial charge on any atom is 0.272 e. The molecule has 0 unspecified atom stereocenters. The number of aromatic nitrogens is 2. The minimum absolute atomic E-state index is 0.0344. The number of carbonyl (C=O) groups excluding carboxylic acids is 2. The van der Waals surface area contributed by atoms with Gasteiger partial charge in [0, 0.05) is 64.4 Å². The SMILES string of the molecule is CCn1c(=O)c(C)nc2cc(C(=O)N3CCN(Cc4ccccc4)CCCN(C(C)=O)c4cc(F)c(F)cc4C3)ccc21. The summed E-state index contributed by atoms with van der Waals surface area (Å²) in [5.41, 5.74) is 3.37. The summed E-state index contributed by atoms with van der Waals surface area (Å²) in [5.74, 6) is -2.71. The van der Waals surface area contributed by atoms with Gasteiger partial charge in [0.05, 0.1) is 16.7 Å². The molecule has 0 atom stereocenters. The average Bonchev–Trinajstić information content (AvgIpc) is 3.02. The molecule has 4 aromatic rings. The van der Waals surface area contributed by atoms with E-state index in [1.165, 1.54) is 11.8 Å². The number of hydrogen-bond donors (Lipinski definition) is 0. The Bertz CT molecular complexity index is 1720. The van der Waals surface area contributed by atoms with Crippen LogP contribution in [0.25, 0.3) is 11.0 Å². The molecule has 10 heteroatoms. The van der Waals surface area contributed by atoms with Crippen LogP contribution in [-0.2, 0) is 24.4 Å². The molecule has 0 radical (unpaired) electrons. The lowest BCUT2D eigenvalue weighted by Crippen LogP contribution is -2.38. The van der Waals surface area contributed by atoms with Gasteiger partial charge in [-0.25, -0.2) is 13.8 Å². The molecule has 1 aromatic heterocycles. The maximum atomic E-state index is 14.6. The van der Waals surface area contributed by atoms with Crippen LogP contribution >= 0.6 is 0 Å². The molecular formula is C33H35F2N5O3. The summed E-state index contributed by atoms with van der Waals surface area (Å²) in [6.45, 7) is 7.77. The number of carbonyl (C=O) groups is 2. The first-order chi connectivity index (χ1) is 20.7. The third kappa shape index (κ3) is 6.49. The van der Waals surface area contributed by atoms with Crippen molar-refractivity contribution in [3.63, 3.8) is 0 Å². The number of halogens is 2. The average molecular weight is 588 g/mol. The Kier molecular flexibility index (Phi) is 8.96. The Hall–Kier alpha value is -4.44. The number of anilines is 1. The predicted octanol–water partition coefficient (Wildman–Crippen LogP) is 4.90. The first-order valence-corrected chi connectivity index (χ1v) is 14.5. The summed E-state index contributed by atoms with van der Waals surface area (Å²) in [5, 5.41) is 0. The van der Waals surface area contributed by atoms with E-state index in [2.05, 4.69) is 9.88 Å². The van der Waals surface area contributed by atoms with Gasteiger partial charge >= 0.3 is 0 Å². The number of rotatable bonds is 4. The lowest BCUT2D eigenvalue weighted by molar-refractivity contribution is -0.116. The van der Waals surface area contributed by atoms with E-state index < -0.39 is 11.6 Å². The highest BCUT2D eigenvalue weighted by Gasteiger charge is 2.25. The Balaban J connectivity index is 1.56. The van der Waals surface area contributed by atoms with E-state index in [0.29, 0.717) is 73.5 Å². The highest BCUT2D eigenvalue weighted by atomic mass is 19.2. The number of hydrogen-bond acceptors (Lipinski definition) is 5. The van der Waals surface area contributed by atoms with Crippen LogP contribution in [0.1, 0.15) is 47.4 Å². The minimum Gasteiger partial charge on any atom is -0.333 e. The zero-order chi connectivity index (χ0) is 30.7. The lowest BCUT2D eigenvalue weighted by atomic mass is 10.1. The predicted molar refractivity (Wildman–Crippen MR) is 162 cm³/mol. The molecule has 3 aromatic carbocycles. The van der Waals surface area contributed by atoms with Crippen molar-refractivity contribution in [1.82, 2.24) is 19.4 Å². The second kappa shape index (κ2) is 12.8. The zero-order valence-corrected chi connectivity index (χ0v) is 24.6. The van der Waals surface area contributed by atoms with Gasteiger partial charge in [-0.15, -0.1) is 0 Å². The first-order valence-electron chi connectivity index (χ1n) is 14.5. The maximum absolute atomic E-state index is 14.6. The zero-order valence-electron chi connectivity index (χ0n) is 24.6. The quantitative estimate of drug-likeness (QED) is 0.339. The summed E-state index contributed by atoms with van der Waals surface area (Å²) in [6.07, 6.45) is 0.605. The highest BCUT2D eigenvalue weighted by Crippen LogP contribution is 2.28. The van der Waals surface area contributed by atoms with Gasteiger partial charge in [-0.3, -0.25) is 19.3 Å². The van der Waals surface area contributed by atoms with Crippen LogP contribution in [0.4, 0.5) is 14.5 Å². The molecule has 2 amide bonds. The van der Waals surface area contributed by atoms with Crippen LogP contribution in [0.15, 0.2) is 65.5 Å². The molecule has 0 fully saturated rings. The van der Waals surface area contributed by atoms with Crippen LogP contribution in [0, 0.1) is 18.6 Å². The first kappa shape index (κ1) is 30.0. The second-order valence-corrected chi connectivity index (χ2v) is 10.9. The van der Waals surface area contributed by atoms with Crippen molar-refractivity contribution >= 4 is 28.5 Å². The van der Waals surface area contributed by atoms with Gasteiger partial charge in [0.1, 0.15) is 5.69 Å². The fourth-order valence-electron chi connectivity index (χ4n) is 5.69. The van der Waals surface area contributed by atoms with Crippen LogP contribution in [-0.4, -0.2) is 57.3 Å². The molecule has 5 rings (SSSR count). The topological polar surface area (TPSA) is 78.8 Å². The fraction of sp³-hybridized carbons (Fsp3) is 0.333. The third-order valence-corrected chi connectivity index (χ3v) is 7.90. The molecule has 0 saturated carbocycles. The number of fused-ring (bicyclic) bond motifs is 2. The molecule has 0 N–H and O–H groups in total. The largest absolute Gasteiger partial charge is 0.333 e. The van der Waals surface area contributed by atoms with E-state index in [0.717, 1.165) is 17.7 Å². The van der Waals surface area contributed by atoms with Gasteiger partial charge in [-0.2, -0.15) is 0 Å². The van der Waals surface area contributed by atoms with Gasteiger partial charge in [-0.05, 0) is 55.7 Å². The van der Waals surface area contributed by atoms with E-state index in [9.17, 15) is 23.2 Å². The number of benzene rings is 3. The molecule has 43 heavy (non-hydrogen) atoms. The lowest BCUT2D eigenvalue weighted by Gasteiger charge is -2.28. The Labute approximate surface area is 249 Å². The monoisotopic (exact) mass is 587 g/mol. The molecule has 0 bridgehead atoms. The Morgan fingerprint density at radius 1 is 0.930 bits per heavy atom. The molecule has 1 aliphatic heterocycles. The van der Waals surface area contributed by atoms with E-state index in [1.807, 2.05) is 37.3 Å². The minimum atomic E-state index is -1.05. The number of aryl methyl sites for hydroxylation is 2. The van der Waals surface area contributed by atoms with E-state index in [-0.39, 0.29) is 29.6 Å². The van der Waals surface area contributed by atoms with Crippen LogP contribution in [0.2, 0.25) is 0 Å². The van der Waals surface area contributed by atoms with Crippen molar-refractivity contribution in [1.29, 1.82) is 0 Å². The summed E-state index contributed by atoms with van der Waals surface area (Å²) in [6, 6.07) is 17.1. The van der Waals surface area contributed by atoms with Crippen LogP contribution < -0.4 is 10.5 Å². The summed E-state index contributed by atoms with van der Waals surface area (Å²) in [4.78, 5) is 49.1. The van der Waals surface area contributed by atoms with E-state index >= 15 is 0 Å². The van der Waals surface area contributed by atoms with Crippen molar-refractivity contribution in [2.45, 2.75) is 46.8 Å². The fourth-order valence-corrected chi connectivity index (χ4v) is 5.69. The van der Waals surface area contributed by atoms with Crippen molar-refractivity contribution < 1.29 is 18.4 Å². The van der Waals surface area contributed by atoms with Gasteiger partial charge in [-0.1, -0.05) is 30.3 Å². The third-order valence-electron chi connectivity index (χ3n) is 7.90. The normalized spacial score (nSPS) is 14.8. The molecule has 0 aliphatic carbocycles. The molecule has 1 aliphatic rings. The van der Waals surface area contributed by atoms with Gasteiger partial charge in [0.2, 0.25) is 5.91 Å². The summed E-state index contributed by atoms with van der Waals surface area (Å²) < 4.78 is 30.7. The van der Waals surface area contributed by atoms with E-state index in [4.69, 9.17) is 0 Å². The number of amides is 2. The molecule has 0 saturated heterocycles. The number of nitrogens with zero attached hydrogens (tertiary/aromatic N) is 5.